The Morgan fingerprint density at radius 2 is 0.862 bits per heavy atom. The number of rotatable bonds is 2. The summed E-state index contributed by atoms with van der Waals surface area (Å²) in [5.74, 6) is 0. The molecule has 0 unspecified atom stereocenters. The zero-order valence-electron chi connectivity index (χ0n) is 16.3. The van der Waals surface area contributed by atoms with Crippen molar-refractivity contribution in [1.29, 1.82) is 0 Å². The maximum absolute atomic E-state index is 2.24. The highest BCUT2D eigenvalue weighted by Gasteiger charge is 2.05. The standard InChI is InChI=1S/C13H11N.C13H13N.CH4/c1-14-12-8-4-2-6-10(12)11-7-3-5-9-13(11)14;1-14(12-8-4-2-5-9-12)13-10-6-3-7-11-13;/h2-9H,1H3;2-11H,1H3;1H4. The smallest absolute Gasteiger partial charge is 0.0488 e. The number of anilines is 2. The summed E-state index contributed by atoms with van der Waals surface area (Å²) in [6.45, 7) is 0. The Balaban J connectivity index is 0.000000160. The van der Waals surface area contributed by atoms with Crippen molar-refractivity contribution in [3.63, 3.8) is 0 Å². The molecule has 0 fully saturated rings. The third kappa shape index (κ3) is 4.17. The van der Waals surface area contributed by atoms with Gasteiger partial charge in [0.15, 0.2) is 0 Å². The van der Waals surface area contributed by atoms with Gasteiger partial charge in [-0.1, -0.05) is 80.2 Å². The van der Waals surface area contributed by atoms with Crippen molar-refractivity contribution in [2.24, 2.45) is 7.05 Å². The van der Waals surface area contributed by atoms with Crippen LogP contribution in [0.5, 0.6) is 0 Å². The van der Waals surface area contributed by atoms with E-state index in [0.29, 0.717) is 0 Å². The van der Waals surface area contributed by atoms with E-state index in [1.54, 1.807) is 0 Å². The lowest BCUT2D eigenvalue weighted by molar-refractivity contribution is 1.01. The molecule has 0 bridgehead atoms. The van der Waals surface area contributed by atoms with Crippen LogP contribution in [0.25, 0.3) is 21.8 Å². The number of hydrogen-bond donors (Lipinski definition) is 0. The summed E-state index contributed by atoms with van der Waals surface area (Å²) in [5, 5.41) is 2.68. The van der Waals surface area contributed by atoms with Crippen LogP contribution in [0.15, 0.2) is 109 Å². The Bertz CT molecular complexity index is 1080. The first-order valence-corrected chi connectivity index (χ1v) is 9.51. The second-order valence-corrected chi connectivity index (χ2v) is 6.82. The van der Waals surface area contributed by atoms with E-state index in [1.807, 2.05) is 12.1 Å². The molecule has 0 saturated heterocycles. The van der Waals surface area contributed by atoms with E-state index >= 15 is 0 Å². The first-order valence-electron chi connectivity index (χ1n) is 9.51. The maximum atomic E-state index is 2.24. The average Bonchev–Trinajstić information content (AvgIpc) is 3.08. The van der Waals surface area contributed by atoms with E-state index in [9.17, 15) is 0 Å². The zero-order chi connectivity index (χ0) is 19.3. The fourth-order valence-corrected chi connectivity index (χ4v) is 3.57. The van der Waals surface area contributed by atoms with Gasteiger partial charge in [-0.2, -0.15) is 0 Å². The quantitative estimate of drug-likeness (QED) is 0.309. The van der Waals surface area contributed by atoms with Crippen LogP contribution >= 0.6 is 0 Å². The molecule has 0 N–H and O–H groups in total. The van der Waals surface area contributed by atoms with Gasteiger partial charge in [0.25, 0.3) is 0 Å². The van der Waals surface area contributed by atoms with Gasteiger partial charge in [-0.15, -0.1) is 0 Å². The first kappa shape index (κ1) is 20.2. The average molecular weight is 381 g/mol. The van der Waals surface area contributed by atoms with Gasteiger partial charge in [0.2, 0.25) is 0 Å². The summed E-state index contributed by atoms with van der Waals surface area (Å²) in [4.78, 5) is 2.17. The van der Waals surface area contributed by atoms with E-state index in [2.05, 4.69) is 121 Å². The normalized spacial score (nSPS) is 10.1. The Kier molecular flexibility index (Phi) is 6.36. The lowest BCUT2D eigenvalue weighted by Crippen LogP contribution is -2.08. The molecule has 0 aliphatic rings. The van der Waals surface area contributed by atoms with Crippen LogP contribution < -0.4 is 4.90 Å². The molecule has 2 nitrogen and oxygen atoms in total. The van der Waals surface area contributed by atoms with Crippen molar-refractivity contribution in [1.82, 2.24) is 4.57 Å². The van der Waals surface area contributed by atoms with Crippen molar-refractivity contribution in [3.05, 3.63) is 109 Å². The van der Waals surface area contributed by atoms with Crippen molar-refractivity contribution in [2.45, 2.75) is 7.43 Å². The van der Waals surface area contributed by atoms with Crippen LogP contribution in [-0.4, -0.2) is 11.6 Å². The molecule has 0 atom stereocenters. The summed E-state index contributed by atoms with van der Waals surface area (Å²) in [6, 6.07) is 37.7. The van der Waals surface area contributed by atoms with Crippen LogP contribution in [0, 0.1) is 0 Å². The molecule has 0 saturated carbocycles. The molecule has 29 heavy (non-hydrogen) atoms. The number of benzene rings is 4. The fraction of sp³-hybridized carbons (Fsp3) is 0.111. The zero-order valence-corrected chi connectivity index (χ0v) is 16.3. The van der Waals surface area contributed by atoms with Gasteiger partial charge >= 0.3 is 0 Å². The van der Waals surface area contributed by atoms with E-state index in [-0.39, 0.29) is 7.43 Å². The molecule has 5 rings (SSSR count). The number of aromatic nitrogens is 1. The van der Waals surface area contributed by atoms with Crippen molar-refractivity contribution in [2.75, 3.05) is 11.9 Å². The van der Waals surface area contributed by atoms with Gasteiger partial charge in [0.05, 0.1) is 0 Å². The van der Waals surface area contributed by atoms with Crippen molar-refractivity contribution >= 4 is 33.2 Å². The largest absolute Gasteiger partial charge is 0.345 e. The summed E-state index contributed by atoms with van der Waals surface area (Å²) in [7, 11) is 4.19. The van der Waals surface area contributed by atoms with Crippen LogP contribution in [0.4, 0.5) is 11.4 Å². The SMILES string of the molecule is C.CN(c1ccccc1)c1ccccc1.Cn1c2ccccc2c2ccccc21. The summed E-state index contributed by atoms with van der Waals surface area (Å²) < 4.78 is 2.24. The molecule has 5 aromatic rings. The number of fused-ring (bicyclic) bond motifs is 3. The molecule has 0 aliphatic carbocycles. The molecule has 4 aromatic carbocycles. The molecule has 146 valence electrons. The minimum atomic E-state index is 0. The Labute approximate surface area is 173 Å². The number of aryl methyl sites for hydroxylation is 1. The van der Waals surface area contributed by atoms with E-state index in [1.165, 1.54) is 33.2 Å². The number of nitrogens with zero attached hydrogens (tertiary/aromatic N) is 2. The van der Waals surface area contributed by atoms with Crippen LogP contribution in [0.3, 0.4) is 0 Å². The third-order valence-corrected chi connectivity index (χ3v) is 5.11. The molecule has 0 radical (unpaired) electrons. The van der Waals surface area contributed by atoms with E-state index in [4.69, 9.17) is 0 Å². The summed E-state index contributed by atoms with van der Waals surface area (Å²) in [6.07, 6.45) is 0. The molecule has 0 spiro atoms. The molecule has 1 heterocycles. The topological polar surface area (TPSA) is 8.17 Å². The van der Waals surface area contributed by atoms with Gasteiger partial charge in [-0.25, -0.2) is 0 Å². The number of para-hydroxylation sites is 4. The Hall–Kier alpha value is -3.52. The molecule has 2 heteroatoms. The lowest BCUT2D eigenvalue weighted by atomic mass is 10.2. The highest BCUT2D eigenvalue weighted by Crippen LogP contribution is 2.27. The molecule has 0 aliphatic heterocycles. The predicted molar refractivity (Wildman–Crippen MR) is 128 cm³/mol. The predicted octanol–water partition coefficient (Wildman–Crippen LogP) is 7.42. The first-order chi connectivity index (χ1) is 13.8. The third-order valence-electron chi connectivity index (χ3n) is 5.11. The summed E-state index contributed by atoms with van der Waals surface area (Å²) >= 11 is 0. The van der Waals surface area contributed by atoms with E-state index < -0.39 is 0 Å². The highest BCUT2D eigenvalue weighted by molar-refractivity contribution is 6.07. The molecule has 1 aromatic heterocycles. The Morgan fingerprint density at radius 1 is 0.517 bits per heavy atom. The molecule has 0 amide bonds. The molecular formula is C27H28N2. The van der Waals surface area contributed by atoms with Gasteiger partial charge in [-0.05, 0) is 36.4 Å². The molecular weight excluding hydrogens is 352 g/mol. The van der Waals surface area contributed by atoms with Gasteiger partial charge < -0.3 is 9.47 Å². The number of hydrogen-bond acceptors (Lipinski definition) is 1. The second-order valence-electron chi connectivity index (χ2n) is 6.82. The van der Waals surface area contributed by atoms with Crippen molar-refractivity contribution < 1.29 is 0 Å². The van der Waals surface area contributed by atoms with Gasteiger partial charge in [-0.3, -0.25) is 0 Å². The van der Waals surface area contributed by atoms with Gasteiger partial charge in [0.1, 0.15) is 0 Å². The second kappa shape index (κ2) is 9.11. The minimum absolute atomic E-state index is 0. The monoisotopic (exact) mass is 380 g/mol. The van der Waals surface area contributed by atoms with Crippen molar-refractivity contribution in [3.8, 4) is 0 Å². The minimum Gasteiger partial charge on any atom is -0.345 e. The maximum Gasteiger partial charge on any atom is 0.0488 e. The van der Waals surface area contributed by atoms with E-state index in [0.717, 1.165) is 0 Å². The van der Waals surface area contributed by atoms with Crippen LogP contribution in [0.1, 0.15) is 7.43 Å². The highest BCUT2D eigenvalue weighted by atomic mass is 15.1. The van der Waals surface area contributed by atoms with Crippen LogP contribution in [-0.2, 0) is 7.05 Å². The van der Waals surface area contributed by atoms with Crippen LogP contribution in [0.2, 0.25) is 0 Å². The lowest BCUT2D eigenvalue weighted by Gasteiger charge is -2.18. The van der Waals surface area contributed by atoms with Gasteiger partial charge in [0, 0.05) is 47.3 Å². The Morgan fingerprint density at radius 3 is 1.28 bits per heavy atom. The summed E-state index contributed by atoms with van der Waals surface area (Å²) in [5.41, 5.74) is 5.01. The fourth-order valence-electron chi connectivity index (χ4n) is 3.57.